The number of ether oxygens (including phenoxy) is 3. The van der Waals surface area contributed by atoms with Crippen LogP contribution in [0.1, 0.15) is 60.8 Å². The molecule has 2 aliphatic carbocycles. The number of carbonyl (C=O) groups is 3. The summed E-state index contributed by atoms with van der Waals surface area (Å²) in [6.45, 7) is 15.8. The van der Waals surface area contributed by atoms with E-state index in [4.69, 9.17) is 14.2 Å². The van der Waals surface area contributed by atoms with Crippen molar-refractivity contribution in [1.82, 2.24) is 0 Å². The van der Waals surface area contributed by atoms with E-state index in [0.717, 1.165) is 12.0 Å². The van der Waals surface area contributed by atoms with Gasteiger partial charge in [-0.2, -0.15) is 0 Å². The van der Waals surface area contributed by atoms with Crippen molar-refractivity contribution in [2.75, 3.05) is 6.61 Å². The van der Waals surface area contributed by atoms with Crippen LogP contribution in [0.2, 0.25) is 0 Å². The Morgan fingerprint density at radius 1 is 1.23 bits per heavy atom. The highest BCUT2D eigenvalue weighted by Crippen LogP contribution is 2.66. The van der Waals surface area contributed by atoms with Crippen LogP contribution in [0.4, 0.5) is 0 Å². The second-order valence-electron chi connectivity index (χ2n) is 10.0. The Morgan fingerprint density at radius 3 is 2.43 bits per heavy atom. The van der Waals surface area contributed by atoms with Gasteiger partial charge in [0.25, 0.3) is 0 Å². The molecule has 166 valence electrons. The summed E-state index contributed by atoms with van der Waals surface area (Å²) >= 11 is 0. The second-order valence-corrected chi connectivity index (χ2v) is 10.0. The third-order valence-corrected chi connectivity index (χ3v) is 7.40. The molecule has 6 heteroatoms. The number of cyclic esters (lactones) is 1. The first-order valence-corrected chi connectivity index (χ1v) is 10.8. The van der Waals surface area contributed by atoms with Crippen molar-refractivity contribution in [2.45, 2.75) is 73.0 Å². The molecule has 3 fully saturated rings. The number of hydrogen-bond acceptors (Lipinski definition) is 6. The predicted octanol–water partition coefficient (Wildman–Crippen LogP) is 3.99. The highest BCUT2D eigenvalue weighted by Gasteiger charge is 2.72. The van der Waals surface area contributed by atoms with Gasteiger partial charge in [0.15, 0.2) is 0 Å². The molecule has 0 amide bonds. The molecule has 30 heavy (non-hydrogen) atoms. The van der Waals surface area contributed by atoms with Crippen molar-refractivity contribution < 1.29 is 28.6 Å². The van der Waals surface area contributed by atoms with E-state index < -0.39 is 23.6 Å². The van der Waals surface area contributed by atoms with Crippen LogP contribution in [0, 0.1) is 28.6 Å². The van der Waals surface area contributed by atoms with Crippen LogP contribution in [-0.4, -0.2) is 36.7 Å². The maximum Gasteiger partial charge on any atom is 0.331 e. The molecule has 0 bridgehead atoms. The Kier molecular flexibility index (Phi) is 5.91. The zero-order valence-electron chi connectivity index (χ0n) is 18.9. The molecule has 1 heterocycles. The first-order valence-electron chi connectivity index (χ1n) is 10.8. The van der Waals surface area contributed by atoms with Crippen LogP contribution in [0.15, 0.2) is 23.8 Å². The summed E-state index contributed by atoms with van der Waals surface area (Å²) in [5, 5.41) is 0. The summed E-state index contributed by atoms with van der Waals surface area (Å²) in [5.74, 6) is -1.46. The molecule has 0 aromatic rings. The van der Waals surface area contributed by atoms with E-state index in [2.05, 4.69) is 20.4 Å². The van der Waals surface area contributed by atoms with Crippen LogP contribution in [0.5, 0.6) is 0 Å². The van der Waals surface area contributed by atoms with E-state index in [1.807, 2.05) is 13.8 Å². The average Bonchev–Trinajstić information content (AvgIpc) is 3.07. The largest absolute Gasteiger partial charge is 0.462 e. The predicted molar refractivity (Wildman–Crippen MR) is 111 cm³/mol. The summed E-state index contributed by atoms with van der Waals surface area (Å²) in [4.78, 5) is 38.2. The van der Waals surface area contributed by atoms with E-state index in [1.54, 1.807) is 13.8 Å². The molecular formula is C24H34O6. The normalized spacial score (nSPS) is 37.7. The molecule has 1 saturated heterocycles. The fourth-order valence-corrected chi connectivity index (χ4v) is 5.57. The summed E-state index contributed by atoms with van der Waals surface area (Å²) in [7, 11) is 0. The highest BCUT2D eigenvalue weighted by molar-refractivity contribution is 5.87. The lowest BCUT2D eigenvalue weighted by Gasteiger charge is -2.46. The monoisotopic (exact) mass is 418 g/mol. The number of esters is 3. The summed E-state index contributed by atoms with van der Waals surface area (Å²) in [6.07, 6.45) is 2.25. The van der Waals surface area contributed by atoms with Gasteiger partial charge in [-0.3, -0.25) is 9.59 Å². The number of carbonyl (C=O) groups excluding carboxylic acids is 3. The summed E-state index contributed by atoms with van der Waals surface area (Å²) in [5.41, 5.74) is -0.00434. The Labute approximate surface area is 179 Å². The fraction of sp³-hybridized carbons (Fsp3) is 0.708. The van der Waals surface area contributed by atoms with E-state index in [1.165, 1.54) is 6.08 Å². The molecule has 0 aromatic heterocycles. The van der Waals surface area contributed by atoms with Gasteiger partial charge in [-0.15, -0.1) is 0 Å². The quantitative estimate of drug-likeness (QED) is 0.297. The first-order chi connectivity index (χ1) is 13.9. The third kappa shape index (κ3) is 3.48. The minimum absolute atomic E-state index is 0.128. The minimum atomic E-state index is -1.09. The number of rotatable bonds is 4. The van der Waals surface area contributed by atoms with E-state index >= 15 is 0 Å². The molecule has 1 spiro atoms. The molecule has 3 rings (SSSR count). The lowest BCUT2D eigenvalue weighted by molar-refractivity contribution is -0.175. The molecule has 0 aromatic carbocycles. The van der Waals surface area contributed by atoms with Crippen LogP contribution in [0.25, 0.3) is 0 Å². The number of fused-ring (bicyclic) bond motifs is 1. The molecule has 6 atom stereocenters. The van der Waals surface area contributed by atoms with Crippen LogP contribution in [0.3, 0.4) is 0 Å². The molecule has 3 aliphatic rings. The lowest BCUT2D eigenvalue weighted by atomic mass is 9.61. The fourth-order valence-electron chi connectivity index (χ4n) is 5.57. The standard InChI is InChI=1S/C24H34O6/c1-13(2)10-18(25)30-20-19-17(29-21(26)14(3)4)9-8-15(5)23(19,7)12-24(20)16(6)11-28-22(24)27/h10,14-15,17,19-20H,6,8-9,11-12H2,1-5,7H3. The van der Waals surface area contributed by atoms with E-state index in [9.17, 15) is 14.4 Å². The second kappa shape index (κ2) is 7.86. The topological polar surface area (TPSA) is 78.9 Å². The zero-order chi connectivity index (χ0) is 22.4. The maximum atomic E-state index is 13.1. The Bertz CT molecular complexity index is 774. The highest BCUT2D eigenvalue weighted by atomic mass is 16.6. The van der Waals surface area contributed by atoms with Crippen molar-refractivity contribution in [3.63, 3.8) is 0 Å². The van der Waals surface area contributed by atoms with Crippen LogP contribution in [-0.2, 0) is 28.6 Å². The van der Waals surface area contributed by atoms with Crippen molar-refractivity contribution in [3.05, 3.63) is 23.8 Å². The molecule has 6 unspecified atom stereocenters. The summed E-state index contributed by atoms with van der Waals surface area (Å²) in [6, 6.07) is 0. The molecule has 2 saturated carbocycles. The van der Waals surface area contributed by atoms with Crippen LogP contribution >= 0.6 is 0 Å². The number of allylic oxidation sites excluding steroid dienone is 1. The Hall–Kier alpha value is -2.11. The first kappa shape index (κ1) is 22.6. The third-order valence-electron chi connectivity index (χ3n) is 7.40. The molecule has 0 N–H and O–H groups in total. The van der Waals surface area contributed by atoms with Gasteiger partial charge in [-0.05, 0) is 50.0 Å². The number of hydrogen-bond donors (Lipinski definition) is 0. The van der Waals surface area contributed by atoms with Gasteiger partial charge in [0, 0.05) is 12.0 Å². The molecule has 1 aliphatic heterocycles. The van der Waals surface area contributed by atoms with Crippen molar-refractivity contribution >= 4 is 17.9 Å². The molecule has 6 nitrogen and oxygen atoms in total. The maximum absolute atomic E-state index is 13.1. The van der Waals surface area contributed by atoms with Gasteiger partial charge in [0.1, 0.15) is 24.2 Å². The van der Waals surface area contributed by atoms with Gasteiger partial charge >= 0.3 is 17.9 Å². The lowest BCUT2D eigenvalue weighted by Crippen LogP contribution is -2.50. The van der Waals surface area contributed by atoms with Gasteiger partial charge < -0.3 is 14.2 Å². The van der Waals surface area contributed by atoms with Gasteiger partial charge in [-0.25, -0.2) is 4.79 Å². The van der Waals surface area contributed by atoms with Gasteiger partial charge in [0.05, 0.1) is 5.92 Å². The van der Waals surface area contributed by atoms with E-state index in [-0.39, 0.29) is 41.7 Å². The zero-order valence-corrected chi connectivity index (χ0v) is 18.9. The Morgan fingerprint density at radius 2 is 1.90 bits per heavy atom. The SMILES string of the molecule is C=C1COC(=O)C12CC1(C)C(C)CCC(OC(=O)C(C)C)C1C2OC(=O)C=C(C)C. The summed E-state index contributed by atoms with van der Waals surface area (Å²) < 4.78 is 17.3. The van der Waals surface area contributed by atoms with Crippen LogP contribution < -0.4 is 0 Å². The molecule has 0 radical (unpaired) electrons. The molecular weight excluding hydrogens is 384 g/mol. The Balaban J connectivity index is 2.09. The van der Waals surface area contributed by atoms with Gasteiger partial charge in [-0.1, -0.05) is 39.8 Å². The van der Waals surface area contributed by atoms with Crippen molar-refractivity contribution in [2.24, 2.45) is 28.6 Å². The van der Waals surface area contributed by atoms with Gasteiger partial charge in [0.2, 0.25) is 0 Å². The van der Waals surface area contributed by atoms with Crippen molar-refractivity contribution in [1.29, 1.82) is 0 Å². The minimum Gasteiger partial charge on any atom is -0.462 e. The van der Waals surface area contributed by atoms with E-state index in [0.29, 0.717) is 18.4 Å². The average molecular weight is 419 g/mol. The smallest absolute Gasteiger partial charge is 0.331 e. The van der Waals surface area contributed by atoms with Crippen molar-refractivity contribution in [3.8, 4) is 0 Å².